The average molecular weight is 208 g/mol. The molecular formula is C10H16N4O. The summed E-state index contributed by atoms with van der Waals surface area (Å²) in [5.74, 6) is 1.41. The monoisotopic (exact) mass is 208 g/mol. The van der Waals surface area contributed by atoms with E-state index in [1.807, 2.05) is 4.68 Å². The second-order valence-electron chi connectivity index (χ2n) is 4.27. The first-order valence-corrected chi connectivity index (χ1v) is 5.11. The van der Waals surface area contributed by atoms with E-state index in [0.717, 1.165) is 18.9 Å². The second kappa shape index (κ2) is 3.56. The summed E-state index contributed by atoms with van der Waals surface area (Å²) in [6.07, 6.45) is 1.64. The van der Waals surface area contributed by atoms with Crippen LogP contribution in [0.25, 0.3) is 0 Å². The topological polar surface area (TPSA) is 50.2 Å². The van der Waals surface area contributed by atoms with Crippen molar-refractivity contribution in [1.82, 2.24) is 14.7 Å². The highest BCUT2D eigenvalue weighted by atomic mass is 16.2. The molecular weight excluding hydrogens is 192 g/mol. The van der Waals surface area contributed by atoms with E-state index in [4.69, 9.17) is 0 Å². The number of nitrogens with zero attached hydrogens (tertiary/aromatic N) is 3. The summed E-state index contributed by atoms with van der Waals surface area (Å²) in [5, 5.41) is 7.47. The number of anilines is 1. The fourth-order valence-corrected chi connectivity index (χ4v) is 1.74. The summed E-state index contributed by atoms with van der Waals surface area (Å²) in [6.45, 7) is 3.94. The number of rotatable bonds is 1. The first kappa shape index (κ1) is 10.0. The third-order valence-electron chi connectivity index (χ3n) is 2.58. The van der Waals surface area contributed by atoms with Crippen LogP contribution in [-0.4, -0.2) is 41.2 Å². The van der Waals surface area contributed by atoms with Gasteiger partial charge in [-0.3, -0.25) is 4.79 Å². The van der Waals surface area contributed by atoms with Gasteiger partial charge in [-0.25, -0.2) is 4.68 Å². The molecule has 15 heavy (non-hydrogen) atoms. The first-order valence-electron chi connectivity index (χ1n) is 5.11. The molecule has 1 amide bonds. The van der Waals surface area contributed by atoms with Crippen LogP contribution in [0.5, 0.6) is 0 Å². The Morgan fingerprint density at radius 2 is 2.40 bits per heavy atom. The average Bonchev–Trinajstić information content (AvgIpc) is 2.59. The molecule has 0 saturated heterocycles. The molecule has 0 spiro atoms. The van der Waals surface area contributed by atoms with Crippen molar-refractivity contribution < 1.29 is 4.79 Å². The molecule has 2 heterocycles. The predicted octanol–water partition coefficient (Wildman–Crippen LogP) is 0.646. The van der Waals surface area contributed by atoms with Crippen molar-refractivity contribution in [3.8, 4) is 0 Å². The zero-order chi connectivity index (χ0) is 11.0. The number of fused-ring (bicyclic) bond motifs is 1. The van der Waals surface area contributed by atoms with Crippen molar-refractivity contribution >= 4 is 11.7 Å². The van der Waals surface area contributed by atoms with Crippen molar-refractivity contribution in [2.24, 2.45) is 5.92 Å². The van der Waals surface area contributed by atoms with Crippen LogP contribution in [0.15, 0.2) is 6.20 Å². The Morgan fingerprint density at radius 3 is 3.07 bits per heavy atom. The van der Waals surface area contributed by atoms with Crippen LogP contribution in [0.4, 0.5) is 5.82 Å². The second-order valence-corrected chi connectivity index (χ2v) is 4.27. The van der Waals surface area contributed by atoms with E-state index in [-0.39, 0.29) is 5.91 Å². The maximum atomic E-state index is 11.8. The van der Waals surface area contributed by atoms with E-state index in [0.29, 0.717) is 11.5 Å². The van der Waals surface area contributed by atoms with Gasteiger partial charge in [0.1, 0.15) is 11.4 Å². The van der Waals surface area contributed by atoms with Crippen LogP contribution < -0.4 is 5.32 Å². The fourth-order valence-electron chi connectivity index (χ4n) is 1.74. The molecule has 82 valence electrons. The van der Waals surface area contributed by atoms with Gasteiger partial charge in [-0.05, 0) is 5.92 Å². The molecule has 5 nitrogen and oxygen atoms in total. The number of amides is 1. The highest BCUT2D eigenvalue weighted by molar-refractivity contribution is 5.98. The van der Waals surface area contributed by atoms with E-state index < -0.39 is 0 Å². The number of hydrogen-bond donors (Lipinski definition) is 1. The minimum atomic E-state index is -0.00157. The minimum absolute atomic E-state index is 0.00157. The molecule has 1 N–H and O–H groups in total. The van der Waals surface area contributed by atoms with Crippen LogP contribution in [0.1, 0.15) is 17.3 Å². The van der Waals surface area contributed by atoms with Crippen LogP contribution >= 0.6 is 0 Å². The first-order chi connectivity index (χ1) is 7.09. The van der Waals surface area contributed by atoms with E-state index in [1.54, 1.807) is 25.2 Å². The zero-order valence-corrected chi connectivity index (χ0v) is 9.32. The Hall–Kier alpha value is -1.52. The lowest BCUT2D eigenvalue weighted by molar-refractivity contribution is 0.0828. The minimum Gasteiger partial charge on any atom is -0.369 e. The highest BCUT2D eigenvalue weighted by Crippen LogP contribution is 2.22. The lowest BCUT2D eigenvalue weighted by Gasteiger charge is -2.22. The number of hydrogen-bond acceptors (Lipinski definition) is 3. The molecule has 0 aliphatic carbocycles. The number of carbonyl (C=O) groups is 1. The fraction of sp³-hybridized carbons (Fsp3) is 0.600. The smallest absolute Gasteiger partial charge is 0.258 e. The third kappa shape index (κ3) is 1.69. The SMILES string of the molecule is CC1CNc2c(C(=O)N(C)C)cnn2C1. The van der Waals surface area contributed by atoms with Gasteiger partial charge in [0.2, 0.25) is 0 Å². The molecule has 0 bridgehead atoms. The molecule has 1 unspecified atom stereocenters. The lowest BCUT2D eigenvalue weighted by atomic mass is 10.1. The summed E-state index contributed by atoms with van der Waals surface area (Å²) in [5.41, 5.74) is 0.659. The summed E-state index contributed by atoms with van der Waals surface area (Å²) in [6, 6.07) is 0. The Kier molecular flexibility index (Phi) is 2.38. The van der Waals surface area contributed by atoms with Crippen LogP contribution in [-0.2, 0) is 6.54 Å². The van der Waals surface area contributed by atoms with Gasteiger partial charge >= 0.3 is 0 Å². The third-order valence-corrected chi connectivity index (χ3v) is 2.58. The molecule has 0 saturated carbocycles. The molecule has 0 aromatic carbocycles. The molecule has 0 fully saturated rings. The van der Waals surface area contributed by atoms with Gasteiger partial charge in [-0.2, -0.15) is 5.10 Å². The normalized spacial score (nSPS) is 19.3. The molecule has 1 aromatic rings. The van der Waals surface area contributed by atoms with Gasteiger partial charge in [0.25, 0.3) is 5.91 Å². The van der Waals surface area contributed by atoms with Gasteiger partial charge in [0.05, 0.1) is 6.20 Å². The van der Waals surface area contributed by atoms with Crippen LogP contribution in [0.2, 0.25) is 0 Å². The van der Waals surface area contributed by atoms with Crippen molar-refractivity contribution in [3.05, 3.63) is 11.8 Å². The summed E-state index contributed by atoms with van der Waals surface area (Å²) in [4.78, 5) is 13.4. The Balaban J connectivity index is 2.32. The van der Waals surface area contributed by atoms with Crippen LogP contribution in [0, 0.1) is 5.92 Å². The lowest BCUT2D eigenvalue weighted by Crippen LogP contribution is -2.28. The molecule has 0 radical (unpaired) electrons. The number of carbonyl (C=O) groups excluding carboxylic acids is 1. The van der Waals surface area contributed by atoms with Crippen molar-refractivity contribution in [3.63, 3.8) is 0 Å². The highest BCUT2D eigenvalue weighted by Gasteiger charge is 2.23. The van der Waals surface area contributed by atoms with Gasteiger partial charge in [-0.15, -0.1) is 0 Å². The van der Waals surface area contributed by atoms with Gasteiger partial charge in [0.15, 0.2) is 0 Å². The maximum absolute atomic E-state index is 11.8. The maximum Gasteiger partial charge on any atom is 0.258 e. The predicted molar refractivity (Wildman–Crippen MR) is 57.9 cm³/mol. The van der Waals surface area contributed by atoms with Crippen molar-refractivity contribution in [2.45, 2.75) is 13.5 Å². The Bertz CT molecular complexity index is 383. The summed E-state index contributed by atoms with van der Waals surface area (Å²) in [7, 11) is 3.50. The van der Waals surface area contributed by atoms with Gasteiger partial charge in [-0.1, -0.05) is 6.92 Å². The largest absolute Gasteiger partial charge is 0.369 e. The summed E-state index contributed by atoms with van der Waals surface area (Å²) < 4.78 is 1.87. The van der Waals surface area contributed by atoms with Crippen molar-refractivity contribution in [2.75, 3.05) is 26.0 Å². The van der Waals surface area contributed by atoms with Crippen molar-refractivity contribution in [1.29, 1.82) is 0 Å². The van der Waals surface area contributed by atoms with E-state index in [1.165, 1.54) is 0 Å². The zero-order valence-electron chi connectivity index (χ0n) is 9.32. The molecule has 5 heteroatoms. The van der Waals surface area contributed by atoms with Gasteiger partial charge in [0, 0.05) is 27.2 Å². The summed E-state index contributed by atoms with van der Waals surface area (Å²) >= 11 is 0. The number of nitrogens with one attached hydrogen (secondary N) is 1. The quantitative estimate of drug-likeness (QED) is 0.737. The van der Waals surface area contributed by atoms with Crippen LogP contribution in [0.3, 0.4) is 0 Å². The van der Waals surface area contributed by atoms with E-state index in [9.17, 15) is 4.79 Å². The molecule has 2 rings (SSSR count). The Morgan fingerprint density at radius 1 is 1.67 bits per heavy atom. The molecule has 1 atom stereocenters. The van der Waals surface area contributed by atoms with E-state index >= 15 is 0 Å². The number of aromatic nitrogens is 2. The Labute approximate surface area is 89.1 Å². The standard InChI is InChI=1S/C10H16N4O/c1-7-4-11-9-8(10(15)13(2)3)5-12-14(9)6-7/h5,7,11H,4,6H2,1-3H3. The van der Waals surface area contributed by atoms with E-state index in [2.05, 4.69) is 17.3 Å². The molecule has 1 aromatic heterocycles. The molecule has 1 aliphatic rings. The molecule has 1 aliphatic heterocycles. The van der Waals surface area contributed by atoms with Gasteiger partial charge < -0.3 is 10.2 Å².